The summed E-state index contributed by atoms with van der Waals surface area (Å²) in [5, 5.41) is 30.0. The minimum Gasteiger partial charge on any atom is -0.479 e. The standard InChI is InChI=1S/C10H13NO4/c1-11-7-4-2-6(3-5-7)8(12)9(13)10(14)15/h2-5,8-9,11-13H,1H3,(H,14,15). The Morgan fingerprint density at radius 1 is 1.27 bits per heavy atom. The summed E-state index contributed by atoms with van der Waals surface area (Å²) in [5.74, 6) is -1.44. The first-order valence-electron chi connectivity index (χ1n) is 4.43. The highest BCUT2D eigenvalue weighted by Gasteiger charge is 2.24. The van der Waals surface area contributed by atoms with E-state index in [-0.39, 0.29) is 0 Å². The van der Waals surface area contributed by atoms with Gasteiger partial charge in [0.2, 0.25) is 0 Å². The van der Waals surface area contributed by atoms with Crippen molar-refractivity contribution in [2.75, 3.05) is 12.4 Å². The number of carbonyl (C=O) groups is 1. The van der Waals surface area contributed by atoms with Crippen LogP contribution in [0.25, 0.3) is 0 Å². The lowest BCUT2D eigenvalue weighted by Gasteiger charge is -2.14. The van der Waals surface area contributed by atoms with E-state index in [9.17, 15) is 9.90 Å². The zero-order chi connectivity index (χ0) is 11.4. The predicted molar refractivity (Wildman–Crippen MR) is 54.6 cm³/mol. The fourth-order valence-electron chi connectivity index (χ4n) is 1.16. The molecule has 0 saturated heterocycles. The van der Waals surface area contributed by atoms with Crippen LogP contribution in [0.4, 0.5) is 5.69 Å². The molecule has 0 amide bonds. The number of aliphatic carboxylic acids is 1. The van der Waals surface area contributed by atoms with Gasteiger partial charge in [0.15, 0.2) is 6.10 Å². The van der Waals surface area contributed by atoms with Crippen LogP contribution >= 0.6 is 0 Å². The minimum atomic E-state index is -1.80. The molecule has 0 bridgehead atoms. The van der Waals surface area contributed by atoms with Gasteiger partial charge in [0.1, 0.15) is 6.10 Å². The third-order valence-electron chi connectivity index (χ3n) is 2.09. The van der Waals surface area contributed by atoms with Crippen LogP contribution in [0.1, 0.15) is 11.7 Å². The second-order valence-corrected chi connectivity index (χ2v) is 3.10. The number of aliphatic hydroxyl groups is 2. The van der Waals surface area contributed by atoms with Crippen LogP contribution < -0.4 is 5.32 Å². The van der Waals surface area contributed by atoms with Gasteiger partial charge in [-0.15, -0.1) is 0 Å². The maximum Gasteiger partial charge on any atom is 0.335 e. The van der Waals surface area contributed by atoms with Gasteiger partial charge in [-0.25, -0.2) is 4.79 Å². The van der Waals surface area contributed by atoms with Crippen LogP contribution in [0.3, 0.4) is 0 Å². The molecular weight excluding hydrogens is 198 g/mol. The zero-order valence-electron chi connectivity index (χ0n) is 8.21. The lowest BCUT2D eigenvalue weighted by Crippen LogP contribution is -2.27. The molecule has 1 aromatic carbocycles. The number of rotatable bonds is 4. The molecule has 2 unspecified atom stereocenters. The van der Waals surface area contributed by atoms with Crippen molar-refractivity contribution in [1.29, 1.82) is 0 Å². The smallest absolute Gasteiger partial charge is 0.335 e. The first-order valence-corrected chi connectivity index (χ1v) is 4.43. The first kappa shape index (κ1) is 11.5. The van der Waals surface area contributed by atoms with E-state index in [1.54, 1.807) is 31.3 Å². The maximum atomic E-state index is 10.4. The Kier molecular flexibility index (Phi) is 3.65. The molecule has 4 N–H and O–H groups in total. The van der Waals surface area contributed by atoms with E-state index in [0.717, 1.165) is 5.69 Å². The molecule has 0 aliphatic heterocycles. The number of anilines is 1. The van der Waals surface area contributed by atoms with Crippen LogP contribution in [-0.2, 0) is 4.79 Å². The van der Waals surface area contributed by atoms with Crippen molar-refractivity contribution < 1.29 is 20.1 Å². The van der Waals surface area contributed by atoms with E-state index < -0.39 is 18.2 Å². The molecule has 1 rings (SSSR count). The van der Waals surface area contributed by atoms with E-state index in [1.165, 1.54) is 0 Å². The largest absolute Gasteiger partial charge is 0.479 e. The van der Waals surface area contributed by atoms with Gasteiger partial charge >= 0.3 is 5.97 Å². The number of hydrogen-bond donors (Lipinski definition) is 4. The number of carboxylic acids is 1. The minimum absolute atomic E-state index is 0.365. The van der Waals surface area contributed by atoms with Crippen molar-refractivity contribution in [1.82, 2.24) is 0 Å². The maximum absolute atomic E-state index is 10.4. The third-order valence-corrected chi connectivity index (χ3v) is 2.09. The summed E-state index contributed by atoms with van der Waals surface area (Å²) in [6.07, 6.45) is -3.21. The predicted octanol–water partition coefficient (Wildman–Crippen LogP) is 0.207. The lowest BCUT2D eigenvalue weighted by atomic mass is 10.0. The highest BCUT2D eigenvalue weighted by molar-refractivity contribution is 5.73. The van der Waals surface area contributed by atoms with E-state index in [4.69, 9.17) is 10.2 Å². The molecular formula is C10H13NO4. The SMILES string of the molecule is CNc1ccc(C(O)C(O)C(=O)O)cc1. The summed E-state index contributed by atoms with van der Waals surface area (Å²) in [6.45, 7) is 0. The van der Waals surface area contributed by atoms with Crippen LogP contribution in [0, 0.1) is 0 Å². The first-order chi connectivity index (χ1) is 7.06. The van der Waals surface area contributed by atoms with Crippen molar-refractivity contribution in [3.05, 3.63) is 29.8 Å². The zero-order valence-corrected chi connectivity index (χ0v) is 8.21. The summed E-state index contributed by atoms with van der Waals surface area (Å²) >= 11 is 0. The van der Waals surface area contributed by atoms with Gasteiger partial charge in [0.25, 0.3) is 0 Å². The molecule has 0 saturated carbocycles. The number of carboxylic acid groups (broad SMARTS) is 1. The van der Waals surface area contributed by atoms with Crippen LogP contribution in [-0.4, -0.2) is 34.4 Å². The normalized spacial score (nSPS) is 14.3. The Morgan fingerprint density at radius 3 is 2.20 bits per heavy atom. The monoisotopic (exact) mass is 211 g/mol. The van der Waals surface area contributed by atoms with E-state index in [0.29, 0.717) is 5.56 Å². The number of benzene rings is 1. The molecule has 15 heavy (non-hydrogen) atoms. The van der Waals surface area contributed by atoms with Gasteiger partial charge in [-0.2, -0.15) is 0 Å². The van der Waals surface area contributed by atoms with Gasteiger partial charge in [-0.3, -0.25) is 0 Å². The molecule has 0 fully saturated rings. The molecule has 0 heterocycles. The van der Waals surface area contributed by atoms with Gasteiger partial charge in [0.05, 0.1) is 0 Å². The Bertz CT molecular complexity index is 336. The molecule has 0 radical (unpaired) electrons. The Hall–Kier alpha value is -1.59. The van der Waals surface area contributed by atoms with Crippen molar-refractivity contribution in [2.24, 2.45) is 0 Å². The van der Waals surface area contributed by atoms with Crippen molar-refractivity contribution in [3.63, 3.8) is 0 Å². The second kappa shape index (κ2) is 4.77. The van der Waals surface area contributed by atoms with Crippen LogP contribution in [0.15, 0.2) is 24.3 Å². The molecule has 0 aliphatic carbocycles. The van der Waals surface area contributed by atoms with E-state index in [1.807, 2.05) is 0 Å². The summed E-state index contributed by atoms with van der Waals surface area (Å²) in [4.78, 5) is 10.4. The Morgan fingerprint density at radius 2 is 1.80 bits per heavy atom. The van der Waals surface area contributed by atoms with Crippen molar-refractivity contribution >= 4 is 11.7 Å². The summed E-state index contributed by atoms with van der Waals surface area (Å²) in [5.41, 5.74) is 1.21. The number of aliphatic hydroxyl groups excluding tert-OH is 2. The van der Waals surface area contributed by atoms with E-state index in [2.05, 4.69) is 5.32 Å². The topological polar surface area (TPSA) is 89.8 Å². The molecule has 1 aromatic rings. The molecule has 5 nitrogen and oxygen atoms in total. The summed E-state index contributed by atoms with van der Waals surface area (Å²) in [6, 6.07) is 6.49. The molecule has 2 atom stereocenters. The Balaban J connectivity index is 2.82. The van der Waals surface area contributed by atoms with Crippen LogP contribution in [0.5, 0.6) is 0 Å². The fourth-order valence-corrected chi connectivity index (χ4v) is 1.16. The average molecular weight is 211 g/mol. The highest BCUT2D eigenvalue weighted by atomic mass is 16.4. The molecule has 0 spiro atoms. The van der Waals surface area contributed by atoms with Gasteiger partial charge in [0, 0.05) is 12.7 Å². The van der Waals surface area contributed by atoms with Crippen LogP contribution in [0.2, 0.25) is 0 Å². The van der Waals surface area contributed by atoms with Crippen molar-refractivity contribution in [2.45, 2.75) is 12.2 Å². The fraction of sp³-hybridized carbons (Fsp3) is 0.300. The second-order valence-electron chi connectivity index (χ2n) is 3.10. The average Bonchev–Trinajstić information content (AvgIpc) is 2.27. The molecule has 0 aliphatic rings. The van der Waals surface area contributed by atoms with Gasteiger partial charge < -0.3 is 20.6 Å². The number of hydrogen-bond acceptors (Lipinski definition) is 4. The summed E-state index contributed by atoms with van der Waals surface area (Å²) in [7, 11) is 1.75. The highest BCUT2D eigenvalue weighted by Crippen LogP contribution is 2.19. The molecule has 82 valence electrons. The number of nitrogens with one attached hydrogen (secondary N) is 1. The quantitative estimate of drug-likeness (QED) is 0.571. The van der Waals surface area contributed by atoms with Gasteiger partial charge in [-0.1, -0.05) is 12.1 Å². The molecule has 5 heteroatoms. The third kappa shape index (κ3) is 2.68. The Labute approximate surface area is 87.0 Å². The van der Waals surface area contributed by atoms with E-state index >= 15 is 0 Å². The lowest BCUT2D eigenvalue weighted by molar-refractivity contribution is -0.153. The van der Waals surface area contributed by atoms with Crippen molar-refractivity contribution in [3.8, 4) is 0 Å². The summed E-state index contributed by atoms with van der Waals surface area (Å²) < 4.78 is 0. The molecule has 0 aromatic heterocycles. The van der Waals surface area contributed by atoms with Gasteiger partial charge in [-0.05, 0) is 17.7 Å².